The van der Waals surface area contributed by atoms with Crippen LogP contribution >= 0.6 is 11.8 Å². The van der Waals surface area contributed by atoms with Crippen LogP contribution in [0.4, 0.5) is 0 Å². The van der Waals surface area contributed by atoms with Crippen LogP contribution in [0.25, 0.3) is 0 Å². The molecule has 76 valence electrons. The SMILES string of the molecule is c1cc(SC2CCCNCC2)ncn1. The molecule has 1 saturated heterocycles. The van der Waals surface area contributed by atoms with Crippen LogP contribution in [0.1, 0.15) is 19.3 Å². The second-order valence-electron chi connectivity index (χ2n) is 3.47. The first kappa shape index (κ1) is 9.93. The van der Waals surface area contributed by atoms with E-state index in [1.807, 2.05) is 24.0 Å². The highest BCUT2D eigenvalue weighted by Crippen LogP contribution is 2.26. The highest BCUT2D eigenvalue weighted by atomic mass is 32.2. The molecule has 1 fully saturated rings. The minimum atomic E-state index is 0.722. The maximum Gasteiger partial charge on any atom is 0.116 e. The summed E-state index contributed by atoms with van der Waals surface area (Å²) in [4.78, 5) is 8.16. The Morgan fingerprint density at radius 3 is 3.21 bits per heavy atom. The van der Waals surface area contributed by atoms with Crippen LogP contribution in [0.3, 0.4) is 0 Å². The molecule has 2 rings (SSSR count). The Balaban J connectivity index is 1.90. The first-order valence-corrected chi connectivity index (χ1v) is 5.96. The lowest BCUT2D eigenvalue weighted by molar-refractivity contribution is 0.703. The molecule has 3 nitrogen and oxygen atoms in total. The molecule has 0 radical (unpaired) electrons. The predicted octanol–water partition coefficient (Wildman–Crippen LogP) is 1.71. The summed E-state index contributed by atoms with van der Waals surface area (Å²) in [6.45, 7) is 2.31. The molecule has 1 aromatic heterocycles. The van der Waals surface area contributed by atoms with Gasteiger partial charge in [-0.25, -0.2) is 9.97 Å². The number of nitrogens with zero attached hydrogens (tertiary/aromatic N) is 2. The van der Waals surface area contributed by atoms with E-state index in [4.69, 9.17) is 0 Å². The maximum absolute atomic E-state index is 4.23. The van der Waals surface area contributed by atoms with Crippen molar-refractivity contribution in [2.75, 3.05) is 13.1 Å². The lowest BCUT2D eigenvalue weighted by Crippen LogP contribution is -2.14. The Kier molecular flexibility index (Phi) is 3.77. The molecule has 4 heteroatoms. The Morgan fingerprint density at radius 1 is 1.36 bits per heavy atom. The summed E-state index contributed by atoms with van der Waals surface area (Å²) < 4.78 is 0. The fraction of sp³-hybridized carbons (Fsp3) is 0.600. The van der Waals surface area contributed by atoms with E-state index in [2.05, 4.69) is 15.3 Å². The van der Waals surface area contributed by atoms with E-state index in [-0.39, 0.29) is 0 Å². The van der Waals surface area contributed by atoms with Crippen molar-refractivity contribution in [2.24, 2.45) is 0 Å². The van der Waals surface area contributed by atoms with Crippen molar-refractivity contribution in [1.29, 1.82) is 0 Å². The molecule has 0 aromatic carbocycles. The van der Waals surface area contributed by atoms with Crippen LogP contribution in [-0.2, 0) is 0 Å². The van der Waals surface area contributed by atoms with Gasteiger partial charge in [-0.3, -0.25) is 0 Å². The van der Waals surface area contributed by atoms with Crippen LogP contribution < -0.4 is 5.32 Å². The third-order valence-electron chi connectivity index (χ3n) is 2.36. The van der Waals surface area contributed by atoms with Gasteiger partial charge in [-0.1, -0.05) is 0 Å². The Labute approximate surface area is 88.7 Å². The summed E-state index contributed by atoms with van der Waals surface area (Å²) in [7, 11) is 0. The number of hydrogen-bond donors (Lipinski definition) is 1. The van der Waals surface area contributed by atoms with Gasteiger partial charge in [-0.15, -0.1) is 11.8 Å². The average molecular weight is 209 g/mol. The van der Waals surface area contributed by atoms with Gasteiger partial charge < -0.3 is 5.32 Å². The van der Waals surface area contributed by atoms with Crippen LogP contribution in [-0.4, -0.2) is 28.3 Å². The summed E-state index contributed by atoms with van der Waals surface area (Å²) in [6.07, 6.45) is 7.25. The van der Waals surface area contributed by atoms with Gasteiger partial charge in [-0.2, -0.15) is 0 Å². The number of hydrogen-bond acceptors (Lipinski definition) is 4. The molecule has 1 N–H and O–H groups in total. The van der Waals surface area contributed by atoms with Crippen molar-refractivity contribution >= 4 is 11.8 Å². The first-order chi connectivity index (χ1) is 6.95. The van der Waals surface area contributed by atoms with Crippen LogP contribution in [0, 0.1) is 0 Å². The molecule has 2 heterocycles. The van der Waals surface area contributed by atoms with E-state index < -0.39 is 0 Å². The molecule has 1 atom stereocenters. The summed E-state index contributed by atoms with van der Waals surface area (Å²) in [5, 5.41) is 5.24. The molecule has 14 heavy (non-hydrogen) atoms. The van der Waals surface area contributed by atoms with Gasteiger partial charge in [0.25, 0.3) is 0 Å². The number of thioether (sulfide) groups is 1. The standard InChI is InChI=1S/C10H15N3S/c1-2-9(3-6-11-5-1)14-10-4-7-12-8-13-10/h4,7-9,11H,1-3,5-6H2. The first-order valence-electron chi connectivity index (χ1n) is 5.08. The van der Waals surface area contributed by atoms with Crippen LogP contribution in [0.5, 0.6) is 0 Å². The molecule has 1 aromatic rings. The molecule has 0 spiro atoms. The number of nitrogens with one attached hydrogen (secondary N) is 1. The Hall–Kier alpha value is -0.610. The normalized spacial score (nSPS) is 23.0. The smallest absolute Gasteiger partial charge is 0.116 e. The minimum Gasteiger partial charge on any atom is -0.317 e. The third kappa shape index (κ3) is 2.96. The Morgan fingerprint density at radius 2 is 2.36 bits per heavy atom. The molecule has 0 bridgehead atoms. The lowest BCUT2D eigenvalue weighted by atomic mass is 10.2. The van der Waals surface area contributed by atoms with Crippen molar-refractivity contribution in [2.45, 2.75) is 29.5 Å². The zero-order valence-corrected chi connectivity index (χ0v) is 8.96. The summed E-state index contributed by atoms with van der Waals surface area (Å²) in [5.74, 6) is 0. The van der Waals surface area contributed by atoms with Gasteiger partial charge in [0.05, 0.1) is 5.03 Å². The van der Waals surface area contributed by atoms with Crippen LogP contribution in [0.15, 0.2) is 23.6 Å². The number of aromatic nitrogens is 2. The predicted molar refractivity (Wildman–Crippen MR) is 58.4 cm³/mol. The lowest BCUT2D eigenvalue weighted by Gasteiger charge is -2.11. The fourth-order valence-electron chi connectivity index (χ4n) is 1.62. The third-order valence-corrected chi connectivity index (χ3v) is 3.65. The average Bonchev–Trinajstić information content (AvgIpc) is 2.48. The van der Waals surface area contributed by atoms with Crippen molar-refractivity contribution in [3.63, 3.8) is 0 Å². The van der Waals surface area contributed by atoms with E-state index in [1.54, 1.807) is 6.33 Å². The monoisotopic (exact) mass is 209 g/mol. The maximum atomic E-state index is 4.23. The van der Waals surface area contributed by atoms with Crippen molar-refractivity contribution in [1.82, 2.24) is 15.3 Å². The molecule has 1 unspecified atom stereocenters. The van der Waals surface area contributed by atoms with E-state index in [0.717, 1.165) is 16.8 Å². The zero-order valence-electron chi connectivity index (χ0n) is 8.15. The summed E-state index contributed by atoms with van der Waals surface area (Å²) >= 11 is 1.89. The molecule has 0 amide bonds. The van der Waals surface area contributed by atoms with Gasteiger partial charge >= 0.3 is 0 Å². The quantitative estimate of drug-likeness (QED) is 0.752. The second-order valence-corrected chi connectivity index (χ2v) is 4.79. The van der Waals surface area contributed by atoms with E-state index in [0.29, 0.717) is 0 Å². The molecular formula is C10H15N3S. The topological polar surface area (TPSA) is 37.8 Å². The van der Waals surface area contributed by atoms with Gasteiger partial charge in [0.15, 0.2) is 0 Å². The summed E-state index contributed by atoms with van der Waals surface area (Å²) in [6, 6.07) is 1.99. The van der Waals surface area contributed by atoms with E-state index in [9.17, 15) is 0 Å². The van der Waals surface area contributed by atoms with Crippen molar-refractivity contribution < 1.29 is 0 Å². The van der Waals surface area contributed by atoms with Crippen LogP contribution in [0.2, 0.25) is 0 Å². The number of rotatable bonds is 2. The zero-order chi connectivity index (χ0) is 9.64. The molecule has 0 aliphatic carbocycles. The van der Waals surface area contributed by atoms with Gasteiger partial charge in [0.1, 0.15) is 6.33 Å². The largest absolute Gasteiger partial charge is 0.317 e. The van der Waals surface area contributed by atoms with Crippen molar-refractivity contribution in [3.8, 4) is 0 Å². The molecular weight excluding hydrogens is 194 g/mol. The van der Waals surface area contributed by atoms with E-state index in [1.165, 1.54) is 25.8 Å². The molecule has 0 saturated carbocycles. The molecule has 1 aliphatic rings. The van der Waals surface area contributed by atoms with Gasteiger partial charge in [-0.05, 0) is 38.4 Å². The molecule has 1 aliphatic heterocycles. The van der Waals surface area contributed by atoms with Crippen molar-refractivity contribution in [3.05, 3.63) is 18.6 Å². The highest BCUT2D eigenvalue weighted by molar-refractivity contribution is 7.99. The highest BCUT2D eigenvalue weighted by Gasteiger charge is 2.13. The van der Waals surface area contributed by atoms with Gasteiger partial charge in [0, 0.05) is 11.4 Å². The Bertz CT molecular complexity index is 257. The second kappa shape index (κ2) is 5.32. The van der Waals surface area contributed by atoms with E-state index >= 15 is 0 Å². The fourth-order valence-corrected chi connectivity index (χ4v) is 2.73. The summed E-state index contributed by atoms with van der Waals surface area (Å²) in [5.41, 5.74) is 0. The van der Waals surface area contributed by atoms with Gasteiger partial charge in [0.2, 0.25) is 0 Å². The minimum absolute atomic E-state index is 0.722.